The zero-order chi connectivity index (χ0) is 28.0. The van der Waals surface area contributed by atoms with Gasteiger partial charge in [-0.2, -0.15) is 13.2 Å². The first kappa shape index (κ1) is 26.1. The third-order valence-electron chi connectivity index (χ3n) is 7.10. The van der Waals surface area contributed by atoms with Crippen molar-refractivity contribution in [3.63, 3.8) is 0 Å². The molecule has 6 rings (SSSR count). The van der Waals surface area contributed by atoms with Crippen molar-refractivity contribution in [2.24, 2.45) is 7.05 Å². The Balaban J connectivity index is 1.55. The second kappa shape index (κ2) is 10.1. The predicted molar refractivity (Wildman–Crippen MR) is 143 cm³/mol. The standard InChI is InChI=1S/C29H26F4N6O/c1-17-14-39(10-11-40-17)15-18-12-21(29(31,32)33)26-23(13-18)35-27(36-26)25-22(30)9-8-20(19-6-4-3-5-7-19)24(25)28-37-34-16-38(28)2/h3-9,12-13,16-17H,10-11,14-15H2,1-2H3,(H,35,36)/t17-/m1/s1. The van der Waals surface area contributed by atoms with E-state index in [0.29, 0.717) is 48.8 Å². The lowest BCUT2D eigenvalue weighted by Crippen LogP contribution is -2.40. The lowest BCUT2D eigenvalue weighted by molar-refractivity contribution is -0.136. The van der Waals surface area contributed by atoms with Crippen LogP contribution in [0.2, 0.25) is 0 Å². The summed E-state index contributed by atoms with van der Waals surface area (Å²) in [5, 5.41) is 8.16. The first-order valence-electron chi connectivity index (χ1n) is 12.9. The van der Waals surface area contributed by atoms with Gasteiger partial charge in [0.2, 0.25) is 0 Å². The van der Waals surface area contributed by atoms with E-state index >= 15 is 4.39 Å². The Bertz CT molecular complexity index is 1680. The maximum absolute atomic E-state index is 15.7. The number of morpholine rings is 1. The molecule has 1 N–H and O–H groups in total. The predicted octanol–water partition coefficient (Wildman–Crippen LogP) is 6.07. The summed E-state index contributed by atoms with van der Waals surface area (Å²) in [5.74, 6) is -0.314. The number of benzene rings is 3. The van der Waals surface area contributed by atoms with Gasteiger partial charge in [-0.25, -0.2) is 9.37 Å². The van der Waals surface area contributed by atoms with E-state index in [0.717, 1.165) is 11.6 Å². The molecule has 40 heavy (non-hydrogen) atoms. The third kappa shape index (κ3) is 4.86. The van der Waals surface area contributed by atoms with E-state index < -0.39 is 17.6 Å². The smallest absolute Gasteiger partial charge is 0.376 e. The number of imidazole rings is 1. The van der Waals surface area contributed by atoms with Crippen LogP contribution in [0.25, 0.3) is 44.9 Å². The molecule has 1 atom stereocenters. The molecule has 206 valence electrons. The molecule has 0 saturated carbocycles. The van der Waals surface area contributed by atoms with Crippen molar-refractivity contribution in [2.45, 2.75) is 25.7 Å². The summed E-state index contributed by atoms with van der Waals surface area (Å²) >= 11 is 0. The number of alkyl halides is 3. The highest BCUT2D eigenvalue weighted by molar-refractivity contribution is 5.93. The maximum atomic E-state index is 15.7. The van der Waals surface area contributed by atoms with Gasteiger partial charge in [0.05, 0.1) is 34.9 Å². The highest BCUT2D eigenvalue weighted by atomic mass is 19.4. The fourth-order valence-corrected chi connectivity index (χ4v) is 5.31. The van der Waals surface area contributed by atoms with Gasteiger partial charge in [0.25, 0.3) is 0 Å². The van der Waals surface area contributed by atoms with Gasteiger partial charge < -0.3 is 14.3 Å². The van der Waals surface area contributed by atoms with Gasteiger partial charge in [-0.1, -0.05) is 36.4 Å². The highest BCUT2D eigenvalue weighted by Crippen LogP contribution is 2.42. The van der Waals surface area contributed by atoms with E-state index in [9.17, 15) is 13.2 Å². The number of nitrogens with one attached hydrogen (secondary N) is 1. The molecule has 1 fully saturated rings. The van der Waals surface area contributed by atoms with Crippen LogP contribution < -0.4 is 0 Å². The largest absolute Gasteiger partial charge is 0.418 e. The molecule has 0 spiro atoms. The van der Waals surface area contributed by atoms with Gasteiger partial charge >= 0.3 is 6.18 Å². The molecule has 1 aliphatic heterocycles. The fraction of sp³-hybridized carbons (Fsp3) is 0.276. The van der Waals surface area contributed by atoms with E-state index in [1.807, 2.05) is 37.3 Å². The Morgan fingerprint density at radius 2 is 1.88 bits per heavy atom. The number of hydrogen-bond acceptors (Lipinski definition) is 5. The van der Waals surface area contributed by atoms with Gasteiger partial charge in [0.15, 0.2) is 5.82 Å². The van der Waals surface area contributed by atoms with Crippen molar-refractivity contribution < 1.29 is 22.3 Å². The lowest BCUT2D eigenvalue weighted by atomic mass is 9.94. The number of rotatable bonds is 5. The summed E-state index contributed by atoms with van der Waals surface area (Å²) in [5.41, 5.74) is 1.36. The van der Waals surface area contributed by atoms with Crippen molar-refractivity contribution in [1.82, 2.24) is 29.6 Å². The van der Waals surface area contributed by atoms with Crippen LogP contribution in [0.15, 0.2) is 60.9 Å². The molecule has 3 heterocycles. The zero-order valence-corrected chi connectivity index (χ0v) is 21.8. The van der Waals surface area contributed by atoms with Crippen molar-refractivity contribution in [3.05, 3.63) is 77.9 Å². The average molecular weight is 551 g/mol. The number of aryl methyl sites for hydroxylation is 1. The first-order valence-corrected chi connectivity index (χ1v) is 12.9. The number of nitrogens with zero attached hydrogens (tertiary/aromatic N) is 5. The quantitative estimate of drug-likeness (QED) is 0.269. The maximum Gasteiger partial charge on any atom is 0.418 e. The van der Waals surface area contributed by atoms with E-state index in [1.165, 1.54) is 12.4 Å². The van der Waals surface area contributed by atoms with Gasteiger partial charge in [0, 0.05) is 32.2 Å². The van der Waals surface area contributed by atoms with Crippen LogP contribution >= 0.6 is 0 Å². The summed E-state index contributed by atoms with van der Waals surface area (Å²) < 4.78 is 65.8. The van der Waals surface area contributed by atoms with Gasteiger partial charge in [-0.15, -0.1) is 10.2 Å². The van der Waals surface area contributed by atoms with Gasteiger partial charge in [0.1, 0.15) is 18.0 Å². The number of H-pyrrole nitrogens is 1. The minimum Gasteiger partial charge on any atom is -0.376 e. The van der Waals surface area contributed by atoms with Crippen molar-refractivity contribution in [1.29, 1.82) is 0 Å². The molecule has 0 amide bonds. The van der Waals surface area contributed by atoms with Crippen molar-refractivity contribution in [3.8, 4) is 33.9 Å². The molecule has 7 nitrogen and oxygen atoms in total. The second-order valence-corrected chi connectivity index (χ2v) is 10.0. The molecule has 0 unspecified atom stereocenters. The van der Waals surface area contributed by atoms with Crippen LogP contribution in [-0.2, 0) is 24.5 Å². The number of halogens is 4. The Hall–Kier alpha value is -4.09. The molecule has 11 heteroatoms. The van der Waals surface area contributed by atoms with Crippen molar-refractivity contribution in [2.75, 3.05) is 19.7 Å². The Morgan fingerprint density at radius 1 is 1.07 bits per heavy atom. The first-order chi connectivity index (χ1) is 19.2. The van der Waals surface area contributed by atoms with Crippen LogP contribution in [-0.4, -0.2) is 55.4 Å². The summed E-state index contributed by atoms with van der Waals surface area (Å²) in [6, 6.07) is 15.0. The molecule has 1 saturated heterocycles. The minimum atomic E-state index is -4.65. The Labute approximate surface area is 227 Å². The lowest BCUT2D eigenvalue weighted by Gasteiger charge is -2.31. The SMILES string of the molecule is C[C@@H]1CN(Cc2cc(C(F)(F)F)c3[nH]c(-c4c(F)ccc(-c5ccccc5)c4-c4nncn4C)nc3c2)CCO1. The zero-order valence-electron chi connectivity index (χ0n) is 21.8. The van der Waals surface area contributed by atoms with Gasteiger partial charge in [-0.3, -0.25) is 4.90 Å². The molecular weight excluding hydrogens is 524 g/mol. The van der Waals surface area contributed by atoms with E-state index in [2.05, 4.69) is 25.1 Å². The minimum absolute atomic E-state index is 0.00421. The summed E-state index contributed by atoms with van der Waals surface area (Å²) in [4.78, 5) is 9.38. The van der Waals surface area contributed by atoms with Crippen molar-refractivity contribution >= 4 is 11.0 Å². The summed E-state index contributed by atoms with van der Waals surface area (Å²) in [6.07, 6.45) is -3.17. The topological polar surface area (TPSA) is 71.9 Å². The summed E-state index contributed by atoms with van der Waals surface area (Å²) in [7, 11) is 1.72. The number of hydrogen-bond donors (Lipinski definition) is 1. The van der Waals surface area contributed by atoms with Crippen LogP contribution in [0.4, 0.5) is 17.6 Å². The molecule has 0 bridgehead atoms. The Kier molecular flexibility index (Phi) is 6.63. The highest BCUT2D eigenvalue weighted by Gasteiger charge is 2.35. The third-order valence-corrected chi connectivity index (χ3v) is 7.10. The van der Waals surface area contributed by atoms with E-state index in [-0.39, 0.29) is 28.5 Å². The monoisotopic (exact) mass is 550 g/mol. The van der Waals surface area contributed by atoms with Crippen LogP contribution in [0.1, 0.15) is 18.1 Å². The number of ether oxygens (including phenoxy) is 1. The molecular formula is C29H26F4N6O. The van der Waals surface area contributed by atoms with E-state index in [1.54, 1.807) is 23.7 Å². The molecule has 5 aromatic rings. The second-order valence-electron chi connectivity index (χ2n) is 10.0. The summed E-state index contributed by atoms with van der Waals surface area (Å²) in [6.45, 7) is 4.00. The van der Waals surface area contributed by atoms with Crippen LogP contribution in [0.5, 0.6) is 0 Å². The molecule has 0 aliphatic carbocycles. The fourth-order valence-electron chi connectivity index (χ4n) is 5.31. The average Bonchev–Trinajstić information content (AvgIpc) is 3.53. The van der Waals surface area contributed by atoms with E-state index in [4.69, 9.17) is 4.74 Å². The van der Waals surface area contributed by atoms with Crippen LogP contribution in [0.3, 0.4) is 0 Å². The molecule has 3 aromatic carbocycles. The number of fused-ring (bicyclic) bond motifs is 1. The number of aromatic nitrogens is 5. The molecule has 2 aromatic heterocycles. The molecule has 1 aliphatic rings. The normalized spacial score (nSPS) is 16.6. The molecule has 0 radical (unpaired) electrons. The van der Waals surface area contributed by atoms with Crippen LogP contribution in [0, 0.1) is 5.82 Å². The van der Waals surface area contributed by atoms with Gasteiger partial charge in [-0.05, 0) is 41.8 Å². The Morgan fingerprint density at radius 3 is 2.58 bits per heavy atom. The number of aromatic amines is 1.